The van der Waals surface area contributed by atoms with Crippen molar-refractivity contribution in [2.45, 2.75) is 34.0 Å². The van der Waals surface area contributed by atoms with Crippen LogP contribution in [-0.4, -0.2) is 24.5 Å². The van der Waals surface area contributed by atoms with Gasteiger partial charge in [-0.1, -0.05) is 58.6 Å². The molecule has 11 heteroatoms. The van der Waals surface area contributed by atoms with Crippen LogP contribution in [0, 0.1) is 13.8 Å². The Balaban J connectivity index is 1.35. The van der Waals surface area contributed by atoms with Gasteiger partial charge in [0.25, 0.3) is 11.8 Å². The molecule has 46 heavy (non-hydrogen) atoms. The molecule has 0 spiro atoms. The maximum Gasteiger partial charge on any atom is 0.335 e. The summed E-state index contributed by atoms with van der Waals surface area (Å²) in [7, 11) is 0. The Labute approximate surface area is 285 Å². The topological polar surface area (TPSA) is 94.2 Å². The minimum Gasteiger partial charge on any atom is -0.490 e. The number of imide groups is 2. The second-order valence-electron chi connectivity index (χ2n) is 10.5. The average Bonchev–Trinajstić information content (AvgIpc) is 2.99. The first kappa shape index (κ1) is 33.1. The molecule has 1 aliphatic rings. The lowest BCUT2D eigenvalue weighted by atomic mass is 10.1. The standard InChI is InChI=1S/C35H29BrCl2N2O6/c1-4-44-31-16-22(15-29(36)32(31)46-18-23-12-20(2)11-21(3)13-23)14-28-33(41)39-35(43)40(34(28)42)26-7-9-27(10-8-26)45-19-24-5-6-25(37)17-30(24)38/h5-17H,4,18-19H2,1-3H3,(H,39,41,43)/b28-14+. The second-order valence-corrected chi connectivity index (χ2v) is 12.2. The van der Waals surface area contributed by atoms with Gasteiger partial charge in [0.1, 0.15) is 24.5 Å². The number of benzene rings is 4. The van der Waals surface area contributed by atoms with Gasteiger partial charge in [0.15, 0.2) is 11.5 Å². The van der Waals surface area contributed by atoms with Crippen LogP contribution in [-0.2, 0) is 22.8 Å². The summed E-state index contributed by atoms with van der Waals surface area (Å²) in [6.45, 7) is 6.77. The molecular weight excluding hydrogens is 695 g/mol. The number of carbonyl (C=O) groups excluding carboxylic acids is 3. The largest absolute Gasteiger partial charge is 0.490 e. The predicted octanol–water partition coefficient (Wildman–Crippen LogP) is 8.60. The van der Waals surface area contributed by atoms with Crippen molar-refractivity contribution in [2.24, 2.45) is 0 Å². The lowest BCUT2D eigenvalue weighted by molar-refractivity contribution is -0.122. The normalized spacial score (nSPS) is 14.0. The fourth-order valence-corrected chi connectivity index (χ4v) is 5.97. The van der Waals surface area contributed by atoms with Gasteiger partial charge in [0, 0.05) is 15.6 Å². The zero-order valence-electron chi connectivity index (χ0n) is 25.2. The van der Waals surface area contributed by atoms with Gasteiger partial charge in [-0.3, -0.25) is 14.9 Å². The van der Waals surface area contributed by atoms with Gasteiger partial charge in [-0.05, 0) is 102 Å². The number of urea groups is 1. The van der Waals surface area contributed by atoms with Crippen LogP contribution in [0.2, 0.25) is 10.0 Å². The number of amides is 4. The van der Waals surface area contributed by atoms with Gasteiger partial charge >= 0.3 is 6.03 Å². The van der Waals surface area contributed by atoms with Crippen LogP contribution in [0.4, 0.5) is 10.5 Å². The van der Waals surface area contributed by atoms with Crippen LogP contribution >= 0.6 is 39.1 Å². The third kappa shape index (κ3) is 7.73. The predicted molar refractivity (Wildman–Crippen MR) is 182 cm³/mol. The van der Waals surface area contributed by atoms with Crippen molar-refractivity contribution in [3.63, 3.8) is 0 Å². The molecule has 0 atom stereocenters. The number of carbonyl (C=O) groups is 3. The number of ether oxygens (including phenoxy) is 3. The molecule has 0 bridgehead atoms. The highest BCUT2D eigenvalue weighted by Gasteiger charge is 2.37. The van der Waals surface area contributed by atoms with E-state index in [4.69, 9.17) is 37.4 Å². The first-order chi connectivity index (χ1) is 22.0. The second kappa shape index (κ2) is 14.4. The van der Waals surface area contributed by atoms with E-state index in [0.717, 1.165) is 27.2 Å². The number of hydrogen-bond donors (Lipinski definition) is 1. The smallest absolute Gasteiger partial charge is 0.335 e. The molecule has 0 unspecified atom stereocenters. The number of anilines is 1. The molecule has 0 saturated carbocycles. The fraction of sp³-hybridized carbons (Fsp3) is 0.171. The zero-order valence-corrected chi connectivity index (χ0v) is 28.3. The number of rotatable bonds is 10. The summed E-state index contributed by atoms with van der Waals surface area (Å²) in [6, 6.07) is 20.2. The molecular formula is C35H29BrCl2N2O6. The van der Waals surface area contributed by atoms with E-state index in [1.165, 1.54) is 6.08 Å². The van der Waals surface area contributed by atoms with Crippen molar-refractivity contribution in [1.29, 1.82) is 0 Å². The Morgan fingerprint density at radius 1 is 0.848 bits per heavy atom. The maximum absolute atomic E-state index is 13.5. The van der Waals surface area contributed by atoms with Crippen LogP contribution in [0.3, 0.4) is 0 Å². The number of hydrogen-bond acceptors (Lipinski definition) is 6. The van der Waals surface area contributed by atoms with E-state index in [1.807, 2.05) is 20.8 Å². The molecule has 0 aliphatic carbocycles. The molecule has 4 aromatic rings. The van der Waals surface area contributed by atoms with Crippen molar-refractivity contribution in [1.82, 2.24) is 5.32 Å². The number of barbiturate groups is 1. The molecule has 0 radical (unpaired) electrons. The summed E-state index contributed by atoms with van der Waals surface area (Å²) in [6.07, 6.45) is 1.41. The third-order valence-electron chi connectivity index (χ3n) is 6.91. The zero-order chi connectivity index (χ0) is 33.0. The molecule has 1 heterocycles. The van der Waals surface area contributed by atoms with Crippen LogP contribution < -0.4 is 24.4 Å². The SMILES string of the molecule is CCOc1cc(/C=C2\C(=O)NC(=O)N(c3ccc(OCc4ccc(Cl)cc4Cl)cc3)C2=O)cc(Br)c1OCc1cc(C)cc(C)c1. The molecule has 4 amide bonds. The van der Waals surface area contributed by atoms with Gasteiger partial charge in [-0.25, -0.2) is 9.69 Å². The van der Waals surface area contributed by atoms with E-state index in [-0.39, 0.29) is 17.9 Å². The van der Waals surface area contributed by atoms with Crippen molar-refractivity contribution >= 4 is 68.7 Å². The van der Waals surface area contributed by atoms with Gasteiger partial charge in [-0.15, -0.1) is 0 Å². The first-order valence-electron chi connectivity index (χ1n) is 14.3. The van der Waals surface area contributed by atoms with E-state index in [9.17, 15) is 14.4 Å². The van der Waals surface area contributed by atoms with Crippen LogP contribution in [0.15, 0.2) is 82.8 Å². The number of aryl methyl sites for hydroxylation is 2. The van der Waals surface area contributed by atoms with Gasteiger partial charge < -0.3 is 14.2 Å². The van der Waals surface area contributed by atoms with E-state index in [2.05, 4.69) is 39.4 Å². The van der Waals surface area contributed by atoms with E-state index < -0.39 is 17.8 Å². The molecule has 1 aliphatic heterocycles. The third-order valence-corrected chi connectivity index (χ3v) is 8.09. The highest BCUT2D eigenvalue weighted by molar-refractivity contribution is 9.10. The lowest BCUT2D eigenvalue weighted by Crippen LogP contribution is -2.54. The van der Waals surface area contributed by atoms with Gasteiger partial charge in [-0.2, -0.15) is 0 Å². The number of nitrogens with one attached hydrogen (secondary N) is 1. The molecule has 1 fully saturated rings. The first-order valence-corrected chi connectivity index (χ1v) is 15.8. The summed E-state index contributed by atoms with van der Waals surface area (Å²) in [5, 5.41) is 3.24. The van der Waals surface area contributed by atoms with Crippen molar-refractivity contribution in [3.8, 4) is 17.2 Å². The van der Waals surface area contributed by atoms with Crippen LogP contribution in [0.1, 0.15) is 34.7 Å². The molecule has 1 saturated heterocycles. The van der Waals surface area contributed by atoms with E-state index in [1.54, 1.807) is 54.6 Å². The van der Waals surface area contributed by atoms with Crippen molar-refractivity contribution in [3.05, 3.63) is 121 Å². The Kier molecular flexibility index (Phi) is 10.4. The highest BCUT2D eigenvalue weighted by atomic mass is 79.9. The van der Waals surface area contributed by atoms with E-state index in [0.29, 0.717) is 50.5 Å². The van der Waals surface area contributed by atoms with Gasteiger partial charge in [0.2, 0.25) is 0 Å². The molecule has 0 aromatic heterocycles. The summed E-state index contributed by atoms with van der Waals surface area (Å²) in [4.78, 5) is 40.1. The van der Waals surface area contributed by atoms with E-state index >= 15 is 0 Å². The minimum atomic E-state index is -0.861. The summed E-state index contributed by atoms with van der Waals surface area (Å²) in [5.41, 5.74) is 4.55. The lowest BCUT2D eigenvalue weighted by Gasteiger charge is -2.26. The quantitative estimate of drug-likeness (QED) is 0.130. The Hall–Kier alpha value is -4.31. The monoisotopic (exact) mass is 722 g/mol. The van der Waals surface area contributed by atoms with Gasteiger partial charge in [0.05, 0.1) is 16.8 Å². The number of halogens is 3. The van der Waals surface area contributed by atoms with Crippen molar-refractivity contribution in [2.75, 3.05) is 11.5 Å². The molecule has 8 nitrogen and oxygen atoms in total. The summed E-state index contributed by atoms with van der Waals surface area (Å²) >= 11 is 15.7. The number of nitrogens with zero attached hydrogens (tertiary/aromatic N) is 1. The maximum atomic E-state index is 13.5. The molecule has 236 valence electrons. The van der Waals surface area contributed by atoms with Crippen LogP contribution in [0.5, 0.6) is 17.2 Å². The highest BCUT2D eigenvalue weighted by Crippen LogP contribution is 2.38. The molecule has 1 N–H and O–H groups in total. The Morgan fingerprint density at radius 2 is 1.57 bits per heavy atom. The summed E-state index contributed by atoms with van der Waals surface area (Å²) < 4.78 is 18.4. The average molecular weight is 724 g/mol. The van der Waals surface area contributed by atoms with Crippen molar-refractivity contribution < 1.29 is 28.6 Å². The Morgan fingerprint density at radius 3 is 2.24 bits per heavy atom. The minimum absolute atomic E-state index is 0.189. The summed E-state index contributed by atoms with van der Waals surface area (Å²) in [5.74, 6) is -0.185. The molecule has 5 rings (SSSR count). The van der Waals surface area contributed by atoms with Crippen LogP contribution in [0.25, 0.3) is 6.08 Å². The Bertz CT molecular complexity index is 1840. The molecule has 4 aromatic carbocycles. The fourth-order valence-electron chi connectivity index (χ4n) is 4.93.